The van der Waals surface area contributed by atoms with E-state index in [9.17, 15) is 0 Å². The zero-order chi connectivity index (χ0) is 11.2. The predicted molar refractivity (Wildman–Crippen MR) is 65.8 cm³/mol. The molecule has 0 saturated carbocycles. The first-order chi connectivity index (χ1) is 7.84. The van der Waals surface area contributed by atoms with Crippen molar-refractivity contribution in [1.29, 1.82) is 0 Å². The van der Waals surface area contributed by atoms with Crippen molar-refractivity contribution in [2.75, 3.05) is 0 Å². The van der Waals surface area contributed by atoms with Gasteiger partial charge in [0, 0.05) is 0 Å². The Morgan fingerprint density at radius 3 is 1.44 bits per heavy atom. The third kappa shape index (κ3) is 3.32. The fourth-order valence-electron chi connectivity index (χ4n) is 1.28. The van der Waals surface area contributed by atoms with Crippen molar-refractivity contribution >= 4 is 15.3 Å². The molecule has 0 aliphatic rings. The van der Waals surface area contributed by atoms with Gasteiger partial charge in [-0.15, -0.1) is 0 Å². The molecule has 16 heavy (non-hydrogen) atoms. The molecule has 0 aromatic heterocycles. The van der Waals surface area contributed by atoms with Gasteiger partial charge < -0.3 is 0 Å². The van der Waals surface area contributed by atoms with Gasteiger partial charge in [-0.05, 0) is 0 Å². The first-order valence-electron chi connectivity index (χ1n) is 5.04. The summed E-state index contributed by atoms with van der Waals surface area (Å²) in [6.07, 6.45) is 0. The van der Waals surface area contributed by atoms with Crippen LogP contribution in [0, 0.1) is 0 Å². The Hall–Kier alpha value is -1.40. The number of benzene rings is 2. The standard InChI is InChI=1S/C13H13AsO2/c1-14(15-12-8-4-2-5-9-12)16-13-10-6-3-7-11-13/h2-11H,1H3. The van der Waals surface area contributed by atoms with Crippen molar-refractivity contribution in [2.45, 2.75) is 5.71 Å². The summed E-state index contributed by atoms with van der Waals surface area (Å²) >= 11 is -1.72. The van der Waals surface area contributed by atoms with Crippen molar-refractivity contribution in [3.05, 3.63) is 60.7 Å². The summed E-state index contributed by atoms with van der Waals surface area (Å²) in [5, 5.41) is 0. The van der Waals surface area contributed by atoms with Gasteiger partial charge in [-0.3, -0.25) is 0 Å². The molecule has 2 aromatic rings. The van der Waals surface area contributed by atoms with Crippen LogP contribution in [0.3, 0.4) is 0 Å². The van der Waals surface area contributed by atoms with E-state index in [0.29, 0.717) is 0 Å². The molecule has 0 fully saturated rings. The van der Waals surface area contributed by atoms with E-state index in [1.165, 1.54) is 0 Å². The van der Waals surface area contributed by atoms with Crippen LogP contribution in [0.4, 0.5) is 0 Å². The summed E-state index contributed by atoms with van der Waals surface area (Å²) in [6.45, 7) is 0. The van der Waals surface area contributed by atoms with Crippen LogP contribution in [-0.4, -0.2) is 15.3 Å². The number of para-hydroxylation sites is 2. The van der Waals surface area contributed by atoms with Gasteiger partial charge in [0.15, 0.2) is 0 Å². The van der Waals surface area contributed by atoms with Crippen molar-refractivity contribution in [3.8, 4) is 11.5 Å². The van der Waals surface area contributed by atoms with E-state index in [2.05, 4.69) is 0 Å². The third-order valence-corrected chi connectivity index (χ3v) is 3.92. The van der Waals surface area contributed by atoms with Crippen LogP contribution in [0.2, 0.25) is 5.71 Å². The summed E-state index contributed by atoms with van der Waals surface area (Å²) in [6, 6.07) is 19.6. The molecule has 0 radical (unpaired) electrons. The first-order valence-corrected chi connectivity index (χ1v) is 8.45. The molecule has 0 amide bonds. The van der Waals surface area contributed by atoms with Crippen molar-refractivity contribution in [2.24, 2.45) is 0 Å². The van der Waals surface area contributed by atoms with E-state index in [1.54, 1.807) is 0 Å². The molecule has 0 atom stereocenters. The topological polar surface area (TPSA) is 18.5 Å². The minimum atomic E-state index is -1.72. The summed E-state index contributed by atoms with van der Waals surface area (Å²) < 4.78 is 11.5. The van der Waals surface area contributed by atoms with Gasteiger partial charge in [-0.25, -0.2) is 0 Å². The zero-order valence-corrected chi connectivity index (χ0v) is 10.9. The Morgan fingerprint density at radius 2 is 1.06 bits per heavy atom. The molecule has 2 rings (SSSR count). The SMILES string of the molecule is C[As](Oc1ccccc1)Oc1ccccc1. The van der Waals surface area contributed by atoms with E-state index in [0.717, 1.165) is 11.5 Å². The van der Waals surface area contributed by atoms with Crippen LogP contribution >= 0.6 is 0 Å². The molecule has 82 valence electrons. The molecule has 0 aliphatic carbocycles. The molecule has 0 unspecified atom stereocenters. The van der Waals surface area contributed by atoms with Crippen LogP contribution in [-0.2, 0) is 0 Å². The van der Waals surface area contributed by atoms with Crippen molar-refractivity contribution < 1.29 is 7.45 Å². The van der Waals surface area contributed by atoms with Gasteiger partial charge in [-0.1, -0.05) is 0 Å². The molecule has 0 saturated heterocycles. The first kappa shape index (κ1) is 11.1. The number of rotatable bonds is 4. The van der Waals surface area contributed by atoms with Crippen LogP contribution < -0.4 is 7.45 Å². The monoisotopic (exact) mass is 276 g/mol. The van der Waals surface area contributed by atoms with Crippen molar-refractivity contribution in [3.63, 3.8) is 0 Å². The summed E-state index contributed by atoms with van der Waals surface area (Å²) in [7, 11) is 0. The molecule has 0 bridgehead atoms. The summed E-state index contributed by atoms with van der Waals surface area (Å²) in [5.41, 5.74) is 2.02. The second kappa shape index (κ2) is 5.62. The maximum atomic E-state index is 5.74. The Morgan fingerprint density at radius 1 is 0.688 bits per heavy atom. The molecule has 0 N–H and O–H groups in total. The molecule has 3 heteroatoms. The zero-order valence-electron chi connectivity index (χ0n) is 9.04. The quantitative estimate of drug-likeness (QED) is 0.798. The molecule has 2 nitrogen and oxygen atoms in total. The van der Waals surface area contributed by atoms with Crippen LogP contribution in [0.1, 0.15) is 0 Å². The third-order valence-electron chi connectivity index (χ3n) is 1.95. The second-order valence-corrected chi connectivity index (χ2v) is 5.86. The Bertz CT molecular complexity index is 375. The molecule has 0 spiro atoms. The second-order valence-electron chi connectivity index (χ2n) is 3.25. The van der Waals surface area contributed by atoms with Gasteiger partial charge >= 0.3 is 101 Å². The van der Waals surface area contributed by atoms with Gasteiger partial charge in [0.25, 0.3) is 0 Å². The Labute approximate surface area is 101 Å². The maximum absolute atomic E-state index is 5.74. The van der Waals surface area contributed by atoms with Gasteiger partial charge in [0.1, 0.15) is 0 Å². The predicted octanol–water partition coefficient (Wildman–Crippen LogP) is 3.26. The molecule has 0 heterocycles. The van der Waals surface area contributed by atoms with E-state index in [4.69, 9.17) is 7.45 Å². The van der Waals surface area contributed by atoms with E-state index >= 15 is 0 Å². The fourth-order valence-corrected chi connectivity index (χ4v) is 3.11. The van der Waals surface area contributed by atoms with Gasteiger partial charge in [-0.2, -0.15) is 0 Å². The normalized spacial score (nSPS) is 10.1. The van der Waals surface area contributed by atoms with Crippen LogP contribution in [0.25, 0.3) is 0 Å². The fraction of sp³-hybridized carbons (Fsp3) is 0.0769. The van der Waals surface area contributed by atoms with Crippen LogP contribution in [0.15, 0.2) is 60.7 Å². The summed E-state index contributed by atoms with van der Waals surface area (Å²) in [4.78, 5) is 0. The number of hydrogen-bond acceptors (Lipinski definition) is 2. The summed E-state index contributed by atoms with van der Waals surface area (Å²) in [5.74, 6) is 1.75. The van der Waals surface area contributed by atoms with Gasteiger partial charge in [0.2, 0.25) is 0 Å². The van der Waals surface area contributed by atoms with E-state index in [-0.39, 0.29) is 0 Å². The van der Waals surface area contributed by atoms with Crippen LogP contribution in [0.5, 0.6) is 11.5 Å². The average Bonchev–Trinajstić information content (AvgIpc) is 2.31. The van der Waals surface area contributed by atoms with Crippen molar-refractivity contribution in [1.82, 2.24) is 0 Å². The van der Waals surface area contributed by atoms with Gasteiger partial charge in [0.05, 0.1) is 0 Å². The van der Waals surface area contributed by atoms with E-state index in [1.807, 2.05) is 66.4 Å². The molecule has 2 aromatic carbocycles. The Kier molecular flexibility index (Phi) is 3.90. The average molecular weight is 276 g/mol. The molecular weight excluding hydrogens is 263 g/mol. The molecule has 0 aliphatic heterocycles. The number of hydrogen-bond donors (Lipinski definition) is 0. The molecular formula is C13H13AsO2. The Balaban J connectivity index is 1.92. The van der Waals surface area contributed by atoms with E-state index < -0.39 is 15.3 Å². The minimum absolute atomic E-state index is 0.876.